The van der Waals surface area contributed by atoms with E-state index in [1.54, 1.807) is 31.4 Å². The van der Waals surface area contributed by atoms with Gasteiger partial charge in [-0.3, -0.25) is 9.59 Å². The zero-order valence-electron chi connectivity index (χ0n) is 18.9. The van der Waals surface area contributed by atoms with E-state index in [9.17, 15) is 9.59 Å². The Bertz CT molecular complexity index is 929. The Morgan fingerprint density at radius 2 is 1.88 bits per heavy atom. The van der Waals surface area contributed by atoms with Gasteiger partial charge in [0.05, 0.1) is 19.9 Å². The van der Waals surface area contributed by atoms with Crippen LogP contribution in [0.25, 0.3) is 0 Å². The van der Waals surface area contributed by atoms with E-state index < -0.39 is 11.9 Å². The van der Waals surface area contributed by atoms with Crippen molar-refractivity contribution in [2.45, 2.75) is 39.7 Å². The molecule has 0 aliphatic carbocycles. The van der Waals surface area contributed by atoms with E-state index in [1.165, 1.54) is 6.21 Å². The minimum absolute atomic E-state index is 0.133. The zero-order valence-corrected chi connectivity index (χ0v) is 20.4. The second kappa shape index (κ2) is 12.9. The number of methoxy groups -OCH3 is 1. The summed E-state index contributed by atoms with van der Waals surface area (Å²) in [6.07, 6.45) is 3.52. The third-order valence-electron chi connectivity index (χ3n) is 4.69. The fraction of sp³-hybridized carbons (Fsp3) is 0.375. The highest BCUT2D eigenvalue weighted by Crippen LogP contribution is 2.22. The van der Waals surface area contributed by atoms with Gasteiger partial charge >= 0.3 is 0 Å². The van der Waals surface area contributed by atoms with Crippen LogP contribution in [0.15, 0.2) is 52.0 Å². The summed E-state index contributed by atoms with van der Waals surface area (Å²) in [7, 11) is 1.56. The lowest BCUT2D eigenvalue weighted by molar-refractivity contribution is -0.123. The molecule has 0 radical (unpaired) electrons. The van der Waals surface area contributed by atoms with Gasteiger partial charge in [-0.2, -0.15) is 5.10 Å². The Morgan fingerprint density at radius 3 is 2.50 bits per heavy atom. The number of rotatable bonds is 11. The minimum atomic E-state index is -0.746. The standard InChI is InChI=1S/C24H30BrN3O4/c1-5-6-13-32-21-12-9-19(25)14-18(21)15-26-28-24(30)22(16(2)3)27-23(29)17-7-10-20(31-4)11-8-17/h7-12,14-16,22H,5-6,13H2,1-4H3,(H,27,29)(H,28,30). The summed E-state index contributed by atoms with van der Waals surface area (Å²) in [6, 6.07) is 11.6. The van der Waals surface area contributed by atoms with E-state index in [-0.39, 0.29) is 11.8 Å². The average molecular weight is 504 g/mol. The van der Waals surface area contributed by atoms with E-state index in [1.807, 2.05) is 32.0 Å². The maximum absolute atomic E-state index is 12.7. The quantitative estimate of drug-likeness (QED) is 0.267. The molecule has 0 heterocycles. The first kappa shape index (κ1) is 25.4. The van der Waals surface area contributed by atoms with Crippen molar-refractivity contribution in [1.82, 2.24) is 10.7 Å². The van der Waals surface area contributed by atoms with Crippen LogP contribution in [0.5, 0.6) is 11.5 Å². The van der Waals surface area contributed by atoms with Gasteiger partial charge in [0.1, 0.15) is 17.5 Å². The molecule has 0 aromatic heterocycles. The van der Waals surface area contributed by atoms with Gasteiger partial charge in [-0.05, 0) is 54.8 Å². The first-order chi connectivity index (χ1) is 15.3. The van der Waals surface area contributed by atoms with E-state index in [4.69, 9.17) is 9.47 Å². The van der Waals surface area contributed by atoms with Gasteiger partial charge in [-0.15, -0.1) is 0 Å². The topological polar surface area (TPSA) is 89.0 Å². The molecule has 0 saturated carbocycles. The third kappa shape index (κ3) is 7.67. The summed E-state index contributed by atoms with van der Waals surface area (Å²) in [5, 5.41) is 6.86. The second-order valence-electron chi connectivity index (χ2n) is 7.54. The SMILES string of the molecule is CCCCOc1ccc(Br)cc1C=NNC(=O)C(NC(=O)c1ccc(OC)cc1)C(C)C. The summed E-state index contributed by atoms with van der Waals surface area (Å²) in [5.74, 6) is 0.462. The first-order valence-corrected chi connectivity index (χ1v) is 11.3. The molecule has 172 valence electrons. The Balaban J connectivity index is 2.04. The Kier molecular flexibility index (Phi) is 10.2. The second-order valence-corrected chi connectivity index (χ2v) is 8.46. The molecule has 32 heavy (non-hydrogen) atoms. The molecule has 1 atom stereocenters. The van der Waals surface area contributed by atoms with Gasteiger partial charge in [0.25, 0.3) is 11.8 Å². The largest absolute Gasteiger partial charge is 0.497 e. The molecule has 2 amide bonds. The number of nitrogens with one attached hydrogen (secondary N) is 2. The molecule has 0 aliphatic heterocycles. The fourth-order valence-corrected chi connectivity index (χ4v) is 3.19. The lowest BCUT2D eigenvalue weighted by Crippen LogP contribution is -2.48. The first-order valence-electron chi connectivity index (χ1n) is 10.6. The van der Waals surface area contributed by atoms with Crippen molar-refractivity contribution in [1.29, 1.82) is 0 Å². The van der Waals surface area contributed by atoms with Crippen molar-refractivity contribution in [2.75, 3.05) is 13.7 Å². The summed E-state index contributed by atoms with van der Waals surface area (Å²) in [5.41, 5.74) is 3.70. The van der Waals surface area contributed by atoms with E-state index >= 15 is 0 Å². The van der Waals surface area contributed by atoms with E-state index in [0.717, 1.165) is 22.9 Å². The normalized spacial score (nSPS) is 11.9. The average Bonchev–Trinajstić information content (AvgIpc) is 2.78. The molecule has 0 fully saturated rings. The number of amides is 2. The monoisotopic (exact) mass is 503 g/mol. The molecule has 0 saturated heterocycles. The molecule has 2 aromatic carbocycles. The molecular weight excluding hydrogens is 474 g/mol. The minimum Gasteiger partial charge on any atom is -0.497 e. The lowest BCUT2D eigenvalue weighted by Gasteiger charge is -2.20. The number of carbonyl (C=O) groups excluding carboxylic acids is 2. The summed E-state index contributed by atoms with van der Waals surface area (Å²) in [4.78, 5) is 25.3. The Labute approximate surface area is 197 Å². The Hall–Kier alpha value is -2.87. The number of ether oxygens (including phenoxy) is 2. The van der Waals surface area contributed by atoms with E-state index in [2.05, 4.69) is 38.7 Å². The predicted octanol–water partition coefficient (Wildman–Crippen LogP) is 4.54. The van der Waals surface area contributed by atoms with Crippen molar-refractivity contribution in [3.63, 3.8) is 0 Å². The van der Waals surface area contributed by atoms with Crippen LogP contribution >= 0.6 is 15.9 Å². The predicted molar refractivity (Wildman–Crippen MR) is 129 cm³/mol. The highest BCUT2D eigenvalue weighted by Gasteiger charge is 2.24. The van der Waals surface area contributed by atoms with Crippen LogP contribution in [0.3, 0.4) is 0 Å². The van der Waals surface area contributed by atoms with E-state index in [0.29, 0.717) is 23.7 Å². The maximum atomic E-state index is 12.7. The van der Waals surface area contributed by atoms with Gasteiger partial charge in [0.2, 0.25) is 0 Å². The molecule has 2 aromatic rings. The van der Waals surface area contributed by atoms with Crippen molar-refractivity contribution in [3.8, 4) is 11.5 Å². The number of benzene rings is 2. The number of hydrogen-bond acceptors (Lipinski definition) is 5. The molecule has 0 spiro atoms. The fourth-order valence-electron chi connectivity index (χ4n) is 2.82. The van der Waals surface area contributed by atoms with Crippen molar-refractivity contribution in [2.24, 2.45) is 11.0 Å². The zero-order chi connectivity index (χ0) is 23.5. The van der Waals surface area contributed by atoms with Gasteiger partial charge in [-0.25, -0.2) is 5.43 Å². The number of nitrogens with zero attached hydrogens (tertiary/aromatic N) is 1. The van der Waals surface area contributed by atoms with Crippen molar-refractivity contribution in [3.05, 3.63) is 58.1 Å². The number of hydrogen-bond donors (Lipinski definition) is 2. The van der Waals surface area contributed by atoms with Crippen LogP contribution in [0, 0.1) is 5.92 Å². The summed E-state index contributed by atoms with van der Waals surface area (Å²) >= 11 is 3.44. The highest BCUT2D eigenvalue weighted by molar-refractivity contribution is 9.10. The number of halogens is 1. The number of carbonyl (C=O) groups is 2. The van der Waals surface area contributed by atoms with Crippen LogP contribution in [0.1, 0.15) is 49.5 Å². The van der Waals surface area contributed by atoms with Gasteiger partial charge in [0.15, 0.2) is 0 Å². The van der Waals surface area contributed by atoms with Crippen LogP contribution in [-0.4, -0.2) is 37.8 Å². The van der Waals surface area contributed by atoms with Gasteiger partial charge in [-0.1, -0.05) is 43.1 Å². The highest BCUT2D eigenvalue weighted by atomic mass is 79.9. The van der Waals surface area contributed by atoms with Gasteiger partial charge in [0, 0.05) is 15.6 Å². The summed E-state index contributed by atoms with van der Waals surface area (Å²) in [6.45, 7) is 6.42. The molecule has 0 bridgehead atoms. The van der Waals surface area contributed by atoms with Crippen molar-refractivity contribution < 1.29 is 19.1 Å². The molecule has 8 heteroatoms. The number of unbranched alkanes of at least 4 members (excludes halogenated alkanes) is 1. The third-order valence-corrected chi connectivity index (χ3v) is 5.19. The van der Waals surface area contributed by atoms with Crippen LogP contribution in [0.4, 0.5) is 0 Å². The molecule has 7 nitrogen and oxygen atoms in total. The van der Waals surface area contributed by atoms with Crippen LogP contribution < -0.4 is 20.2 Å². The molecule has 1 unspecified atom stereocenters. The van der Waals surface area contributed by atoms with Gasteiger partial charge < -0.3 is 14.8 Å². The molecule has 0 aliphatic rings. The molecular formula is C24H30BrN3O4. The summed E-state index contributed by atoms with van der Waals surface area (Å²) < 4.78 is 11.8. The number of hydrazone groups is 1. The smallest absolute Gasteiger partial charge is 0.262 e. The maximum Gasteiger partial charge on any atom is 0.262 e. The van der Waals surface area contributed by atoms with Crippen LogP contribution in [0.2, 0.25) is 0 Å². The Morgan fingerprint density at radius 1 is 1.16 bits per heavy atom. The lowest BCUT2D eigenvalue weighted by atomic mass is 10.0. The van der Waals surface area contributed by atoms with Crippen molar-refractivity contribution >= 4 is 34.0 Å². The molecule has 2 N–H and O–H groups in total. The van der Waals surface area contributed by atoms with Crippen LogP contribution in [-0.2, 0) is 4.79 Å². The molecule has 2 rings (SSSR count).